The first kappa shape index (κ1) is 10.4. The largest absolute Gasteiger partial charge is 0.312 e. The fourth-order valence-corrected chi connectivity index (χ4v) is 1.61. The van der Waals surface area contributed by atoms with Gasteiger partial charge in [-0.2, -0.15) is 4.39 Å². The Kier molecular flexibility index (Phi) is 3.22. The number of hydrogen-bond donors (Lipinski definition) is 1. The van der Waals surface area contributed by atoms with E-state index in [0.29, 0.717) is 5.92 Å². The van der Waals surface area contributed by atoms with Crippen LogP contribution in [0, 0.1) is 5.95 Å². The van der Waals surface area contributed by atoms with Crippen molar-refractivity contribution in [1.82, 2.24) is 10.3 Å². The van der Waals surface area contributed by atoms with Gasteiger partial charge in [-0.25, -0.2) is 4.98 Å². The average Bonchev–Trinajstić information content (AvgIpc) is 2.07. The molecule has 0 amide bonds. The predicted molar refractivity (Wildman–Crippen MR) is 51.6 cm³/mol. The van der Waals surface area contributed by atoms with E-state index >= 15 is 0 Å². The molecule has 1 aromatic rings. The SMILES string of the molecule is CC1CNCc2cnc(F)cc21.Cl. The number of hydrogen-bond acceptors (Lipinski definition) is 2. The summed E-state index contributed by atoms with van der Waals surface area (Å²) >= 11 is 0. The molecule has 0 fully saturated rings. The van der Waals surface area contributed by atoms with Gasteiger partial charge in [0.05, 0.1) is 0 Å². The van der Waals surface area contributed by atoms with Crippen molar-refractivity contribution in [2.45, 2.75) is 19.4 Å². The van der Waals surface area contributed by atoms with Crippen LogP contribution in [0.1, 0.15) is 24.0 Å². The van der Waals surface area contributed by atoms with E-state index < -0.39 is 0 Å². The molecule has 1 aliphatic heterocycles. The molecule has 1 atom stereocenters. The third-order valence-corrected chi connectivity index (χ3v) is 2.29. The highest BCUT2D eigenvalue weighted by Gasteiger charge is 2.16. The Morgan fingerprint density at radius 1 is 1.62 bits per heavy atom. The lowest BCUT2D eigenvalue weighted by molar-refractivity contribution is 0.540. The minimum atomic E-state index is -0.373. The van der Waals surface area contributed by atoms with Crippen molar-refractivity contribution in [3.05, 3.63) is 29.3 Å². The molecule has 0 aromatic carbocycles. The van der Waals surface area contributed by atoms with Crippen molar-refractivity contribution < 1.29 is 4.39 Å². The molecular weight excluding hydrogens is 191 g/mol. The Bertz CT molecular complexity index is 304. The van der Waals surface area contributed by atoms with E-state index in [9.17, 15) is 4.39 Å². The number of nitrogens with one attached hydrogen (secondary N) is 1. The first-order valence-electron chi connectivity index (χ1n) is 4.12. The quantitative estimate of drug-likeness (QED) is 0.650. The van der Waals surface area contributed by atoms with Crippen LogP contribution in [0.3, 0.4) is 0 Å². The zero-order chi connectivity index (χ0) is 8.55. The van der Waals surface area contributed by atoms with Crippen LogP contribution in [-0.2, 0) is 6.54 Å². The lowest BCUT2D eigenvalue weighted by Gasteiger charge is -2.22. The van der Waals surface area contributed by atoms with Gasteiger partial charge in [-0.3, -0.25) is 0 Å². The van der Waals surface area contributed by atoms with Crippen LogP contribution in [0.25, 0.3) is 0 Å². The Morgan fingerprint density at radius 3 is 3.15 bits per heavy atom. The minimum absolute atomic E-state index is 0. The maximum Gasteiger partial charge on any atom is 0.213 e. The highest BCUT2D eigenvalue weighted by atomic mass is 35.5. The van der Waals surface area contributed by atoms with Crippen LogP contribution in [-0.4, -0.2) is 11.5 Å². The zero-order valence-electron chi connectivity index (χ0n) is 7.38. The van der Waals surface area contributed by atoms with Gasteiger partial charge < -0.3 is 5.32 Å². The number of fused-ring (bicyclic) bond motifs is 1. The molecule has 0 radical (unpaired) electrons. The molecule has 2 heterocycles. The Balaban J connectivity index is 0.000000845. The van der Waals surface area contributed by atoms with Crippen molar-refractivity contribution in [2.75, 3.05) is 6.54 Å². The van der Waals surface area contributed by atoms with E-state index in [4.69, 9.17) is 0 Å². The summed E-state index contributed by atoms with van der Waals surface area (Å²) in [5.74, 6) is 0.0220. The summed E-state index contributed by atoms with van der Waals surface area (Å²) in [6, 6.07) is 1.54. The van der Waals surface area contributed by atoms with Crippen LogP contribution in [0.4, 0.5) is 4.39 Å². The molecule has 1 aliphatic rings. The summed E-state index contributed by atoms with van der Waals surface area (Å²) in [6.07, 6.45) is 1.62. The molecule has 0 saturated heterocycles. The van der Waals surface area contributed by atoms with Gasteiger partial charge in [-0.05, 0) is 23.1 Å². The van der Waals surface area contributed by atoms with Gasteiger partial charge in [0.2, 0.25) is 5.95 Å². The van der Waals surface area contributed by atoms with Gasteiger partial charge in [0.1, 0.15) is 0 Å². The topological polar surface area (TPSA) is 24.9 Å². The average molecular weight is 203 g/mol. The molecule has 4 heteroatoms. The molecule has 13 heavy (non-hydrogen) atoms. The first-order valence-corrected chi connectivity index (χ1v) is 4.12. The summed E-state index contributed by atoms with van der Waals surface area (Å²) in [5, 5.41) is 3.25. The fourth-order valence-electron chi connectivity index (χ4n) is 1.61. The summed E-state index contributed by atoms with van der Waals surface area (Å²) in [7, 11) is 0. The van der Waals surface area contributed by atoms with Gasteiger partial charge in [0.25, 0.3) is 0 Å². The summed E-state index contributed by atoms with van der Waals surface area (Å²) in [6.45, 7) is 3.83. The molecule has 0 bridgehead atoms. The highest BCUT2D eigenvalue weighted by molar-refractivity contribution is 5.85. The standard InChI is InChI=1S/C9H11FN2.ClH/c1-6-3-11-4-7-5-12-9(10)2-8(6)7;/h2,5-6,11H,3-4H2,1H3;1H. The Morgan fingerprint density at radius 2 is 2.38 bits per heavy atom. The number of halogens is 2. The number of rotatable bonds is 0. The normalized spacial score (nSPS) is 20.3. The Hall–Kier alpha value is -0.670. The molecule has 2 rings (SSSR count). The number of pyridine rings is 1. The lowest BCUT2D eigenvalue weighted by atomic mass is 9.94. The van der Waals surface area contributed by atoms with Gasteiger partial charge >= 0.3 is 0 Å². The van der Waals surface area contributed by atoms with Crippen molar-refractivity contribution in [3.63, 3.8) is 0 Å². The van der Waals surface area contributed by atoms with Crippen molar-refractivity contribution in [1.29, 1.82) is 0 Å². The van der Waals surface area contributed by atoms with Gasteiger partial charge in [-0.15, -0.1) is 12.4 Å². The highest BCUT2D eigenvalue weighted by Crippen LogP contribution is 2.22. The van der Waals surface area contributed by atoms with Gasteiger partial charge in [0.15, 0.2) is 0 Å². The van der Waals surface area contributed by atoms with E-state index in [0.717, 1.165) is 24.2 Å². The van der Waals surface area contributed by atoms with Crippen LogP contribution in [0.2, 0.25) is 0 Å². The maximum atomic E-state index is 12.7. The maximum absolute atomic E-state index is 12.7. The number of aromatic nitrogens is 1. The van der Waals surface area contributed by atoms with Crippen molar-refractivity contribution >= 4 is 12.4 Å². The molecule has 72 valence electrons. The van der Waals surface area contributed by atoms with E-state index in [1.165, 1.54) is 0 Å². The minimum Gasteiger partial charge on any atom is -0.312 e. The monoisotopic (exact) mass is 202 g/mol. The zero-order valence-corrected chi connectivity index (χ0v) is 8.20. The summed E-state index contributed by atoms with van der Waals surface area (Å²) in [4.78, 5) is 3.62. The fraction of sp³-hybridized carbons (Fsp3) is 0.444. The van der Waals surface area contributed by atoms with Gasteiger partial charge in [-0.1, -0.05) is 6.92 Å². The second-order valence-electron chi connectivity index (χ2n) is 3.24. The van der Waals surface area contributed by atoms with E-state index in [-0.39, 0.29) is 18.4 Å². The summed E-state index contributed by atoms with van der Waals surface area (Å²) < 4.78 is 12.7. The molecule has 1 unspecified atom stereocenters. The third-order valence-electron chi connectivity index (χ3n) is 2.29. The van der Waals surface area contributed by atoms with Crippen molar-refractivity contribution in [2.24, 2.45) is 0 Å². The van der Waals surface area contributed by atoms with Crippen molar-refractivity contribution in [3.8, 4) is 0 Å². The van der Waals surface area contributed by atoms with Gasteiger partial charge in [0, 0.05) is 19.3 Å². The molecule has 1 N–H and O–H groups in total. The second-order valence-corrected chi connectivity index (χ2v) is 3.24. The summed E-state index contributed by atoms with van der Waals surface area (Å²) in [5.41, 5.74) is 2.22. The van der Waals surface area contributed by atoms with Crippen LogP contribution >= 0.6 is 12.4 Å². The van der Waals surface area contributed by atoms with E-state index in [1.807, 2.05) is 0 Å². The van der Waals surface area contributed by atoms with E-state index in [1.54, 1.807) is 12.3 Å². The lowest BCUT2D eigenvalue weighted by Crippen LogP contribution is -2.26. The first-order chi connectivity index (χ1) is 5.77. The van der Waals surface area contributed by atoms with E-state index in [2.05, 4.69) is 17.2 Å². The number of nitrogens with zero attached hydrogens (tertiary/aromatic N) is 1. The molecule has 1 aromatic heterocycles. The molecular formula is C9H12ClFN2. The second kappa shape index (κ2) is 4.03. The Labute approximate surface area is 83.0 Å². The van der Waals surface area contributed by atoms with Crippen LogP contribution in [0.5, 0.6) is 0 Å². The van der Waals surface area contributed by atoms with Crippen LogP contribution < -0.4 is 5.32 Å². The molecule has 0 aliphatic carbocycles. The molecule has 2 nitrogen and oxygen atoms in total. The van der Waals surface area contributed by atoms with Crippen LogP contribution in [0.15, 0.2) is 12.3 Å². The predicted octanol–water partition coefficient (Wildman–Crippen LogP) is 1.85. The molecule has 0 spiro atoms. The third kappa shape index (κ3) is 1.98. The smallest absolute Gasteiger partial charge is 0.213 e. The molecule has 0 saturated carbocycles.